The van der Waals surface area contributed by atoms with Crippen molar-refractivity contribution in [1.29, 1.82) is 0 Å². The number of fused-ring (bicyclic) bond motifs is 1. The van der Waals surface area contributed by atoms with Gasteiger partial charge in [-0.15, -0.1) is 0 Å². The Hall–Kier alpha value is -2.98. The van der Waals surface area contributed by atoms with E-state index in [9.17, 15) is 4.79 Å². The first-order valence-corrected chi connectivity index (χ1v) is 11.2. The van der Waals surface area contributed by atoms with Crippen LogP contribution in [-0.2, 0) is 13.0 Å². The number of piperidine rings is 1. The summed E-state index contributed by atoms with van der Waals surface area (Å²) in [6.45, 7) is 2.11. The van der Waals surface area contributed by atoms with Crippen LogP contribution in [0.5, 0.6) is 0 Å². The zero-order valence-electron chi connectivity index (χ0n) is 17.3. The molecule has 5 rings (SSSR count). The van der Waals surface area contributed by atoms with Crippen molar-refractivity contribution in [3.05, 3.63) is 94.8 Å². The van der Waals surface area contributed by atoms with Crippen LogP contribution >= 0.6 is 11.6 Å². The second-order valence-corrected chi connectivity index (χ2v) is 8.71. The molecule has 2 aromatic carbocycles. The fourth-order valence-electron chi connectivity index (χ4n) is 4.57. The van der Waals surface area contributed by atoms with Crippen LogP contribution in [0.2, 0.25) is 5.02 Å². The molecule has 4 nitrogen and oxygen atoms in total. The Balaban J connectivity index is 1.33. The van der Waals surface area contributed by atoms with Gasteiger partial charge in [0.2, 0.25) is 0 Å². The monoisotopic (exact) mass is 432 g/mol. The van der Waals surface area contributed by atoms with E-state index >= 15 is 0 Å². The fourth-order valence-corrected chi connectivity index (χ4v) is 4.77. The van der Waals surface area contributed by atoms with Crippen molar-refractivity contribution in [1.82, 2.24) is 9.47 Å². The summed E-state index contributed by atoms with van der Waals surface area (Å²) in [5, 5.41) is 0.702. The molecule has 158 valence electrons. The predicted molar refractivity (Wildman–Crippen MR) is 124 cm³/mol. The maximum absolute atomic E-state index is 13.5. The molecule has 0 N–H and O–H groups in total. The van der Waals surface area contributed by atoms with E-state index < -0.39 is 0 Å². The number of benzene rings is 2. The highest BCUT2D eigenvalue weighted by Gasteiger charge is 2.27. The SMILES string of the molecule is O=C(c1cc2occc2n1Cc1ccccc1Cl)N1CCC(Cc2ccccc2)CC1. The lowest BCUT2D eigenvalue weighted by atomic mass is 9.90. The topological polar surface area (TPSA) is 38.4 Å². The van der Waals surface area contributed by atoms with E-state index in [0.29, 0.717) is 23.2 Å². The van der Waals surface area contributed by atoms with Gasteiger partial charge in [0.1, 0.15) is 5.69 Å². The van der Waals surface area contributed by atoms with Crippen LogP contribution in [0.3, 0.4) is 0 Å². The first kappa shape index (κ1) is 20.0. The fraction of sp³-hybridized carbons (Fsp3) is 0.269. The lowest BCUT2D eigenvalue weighted by Crippen LogP contribution is -2.39. The molecule has 0 aliphatic carbocycles. The second kappa shape index (κ2) is 8.64. The smallest absolute Gasteiger partial charge is 0.270 e. The van der Waals surface area contributed by atoms with Crippen molar-refractivity contribution in [2.75, 3.05) is 13.1 Å². The highest BCUT2D eigenvalue weighted by Crippen LogP contribution is 2.28. The third-order valence-corrected chi connectivity index (χ3v) is 6.67. The molecule has 0 unspecified atom stereocenters. The molecule has 5 heteroatoms. The number of carbonyl (C=O) groups is 1. The number of carbonyl (C=O) groups excluding carboxylic acids is 1. The molecule has 31 heavy (non-hydrogen) atoms. The van der Waals surface area contributed by atoms with E-state index in [4.69, 9.17) is 16.0 Å². The van der Waals surface area contributed by atoms with Crippen molar-refractivity contribution in [3.8, 4) is 0 Å². The predicted octanol–water partition coefficient (Wildman–Crippen LogP) is 6.03. The van der Waals surface area contributed by atoms with Crippen molar-refractivity contribution in [2.24, 2.45) is 5.92 Å². The van der Waals surface area contributed by atoms with Crippen LogP contribution in [0.15, 0.2) is 77.4 Å². The quantitative estimate of drug-likeness (QED) is 0.386. The van der Waals surface area contributed by atoms with Gasteiger partial charge in [0.05, 0.1) is 11.8 Å². The zero-order valence-corrected chi connectivity index (χ0v) is 18.1. The van der Waals surface area contributed by atoms with Crippen LogP contribution in [0.25, 0.3) is 11.1 Å². The van der Waals surface area contributed by atoms with E-state index in [0.717, 1.165) is 49.0 Å². The Kier molecular flexibility index (Phi) is 5.56. The number of nitrogens with zero attached hydrogens (tertiary/aromatic N) is 2. The number of hydrogen-bond donors (Lipinski definition) is 0. The lowest BCUT2D eigenvalue weighted by Gasteiger charge is -2.32. The minimum atomic E-state index is 0.0663. The molecular weight excluding hydrogens is 408 g/mol. The summed E-state index contributed by atoms with van der Waals surface area (Å²) >= 11 is 6.40. The molecule has 2 aromatic heterocycles. The number of rotatable bonds is 5. The van der Waals surface area contributed by atoms with Gasteiger partial charge in [-0.1, -0.05) is 60.1 Å². The molecule has 0 radical (unpaired) electrons. The highest BCUT2D eigenvalue weighted by molar-refractivity contribution is 6.31. The second-order valence-electron chi connectivity index (χ2n) is 8.30. The number of halogens is 1. The average Bonchev–Trinajstić information content (AvgIpc) is 3.39. The summed E-state index contributed by atoms with van der Waals surface area (Å²) in [6, 6.07) is 22.2. The molecule has 0 bridgehead atoms. The van der Waals surface area contributed by atoms with Crippen LogP contribution in [0.1, 0.15) is 34.5 Å². The van der Waals surface area contributed by atoms with Crippen molar-refractivity contribution >= 4 is 28.6 Å². The third kappa shape index (κ3) is 4.13. The minimum Gasteiger partial charge on any atom is -0.463 e. The van der Waals surface area contributed by atoms with Crippen LogP contribution < -0.4 is 0 Å². The molecular formula is C26H25ClN2O2. The van der Waals surface area contributed by atoms with Crippen molar-refractivity contribution in [3.63, 3.8) is 0 Å². The number of aromatic nitrogens is 1. The average molecular weight is 433 g/mol. The summed E-state index contributed by atoms with van der Waals surface area (Å²) in [6.07, 6.45) is 4.81. The summed E-state index contributed by atoms with van der Waals surface area (Å²) in [7, 11) is 0. The molecule has 1 fully saturated rings. The lowest BCUT2D eigenvalue weighted by molar-refractivity contribution is 0.0680. The van der Waals surface area contributed by atoms with Gasteiger partial charge in [-0.3, -0.25) is 4.79 Å². The third-order valence-electron chi connectivity index (χ3n) is 6.30. The molecule has 1 saturated heterocycles. The van der Waals surface area contributed by atoms with Crippen molar-refractivity contribution in [2.45, 2.75) is 25.8 Å². The molecule has 4 aromatic rings. The van der Waals surface area contributed by atoms with Crippen molar-refractivity contribution < 1.29 is 9.21 Å². The Morgan fingerprint density at radius 1 is 1.00 bits per heavy atom. The number of hydrogen-bond acceptors (Lipinski definition) is 2. The molecule has 0 saturated carbocycles. The van der Waals surface area contributed by atoms with Gasteiger partial charge in [0, 0.05) is 36.8 Å². The molecule has 3 heterocycles. The Morgan fingerprint density at radius 3 is 2.52 bits per heavy atom. The van der Waals surface area contributed by atoms with E-state index in [1.54, 1.807) is 6.26 Å². The van der Waals surface area contributed by atoms with E-state index in [1.165, 1.54) is 5.56 Å². The summed E-state index contributed by atoms with van der Waals surface area (Å²) in [5.41, 5.74) is 4.67. The van der Waals surface area contributed by atoms with Gasteiger partial charge in [-0.2, -0.15) is 0 Å². The molecule has 1 aliphatic heterocycles. The van der Waals surface area contributed by atoms with Crippen LogP contribution in [0, 0.1) is 5.92 Å². The van der Waals surface area contributed by atoms with Gasteiger partial charge in [0.15, 0.2) is 5.58 Å². The summed E-state index contributed by atoms with van der Waals surface area (Å²) in [5.74, 6) is 0.689. The summed E-state index contributed by atoms with van der Waals surface area (Å²) < 4.78 is 7.63. The van der Waals surface area contributed by atoms with Gasteiger partial charge in [-0.05, 0) is 42.4 Å². The number of likely N-dealkylation sites (tertiary alicyclic amines) is 1. The number of amides is 1. The van der Waals surface area contributed by atoms with Gasteiger partial charge in [-0.25, -0.2) is 0 Å². The molecule has 1 amide bonds. The largest absolute Gasteiger partial charge is 0.463 e. The first-order valence-electron chi connectivity index (χ1n) is 10.8. The molecule has 1 aliphatic rings. The standard InChI is InChI=1S/C26H25ClN2O2/c27-22-9-5-4-8-21(22)18-29-23-12-15-31-25(23)17-24(29)26(30)28-13-10-20(11-14-28)16-19-6-2-1-3-7-19/h1-9,12,15,17,20H,10-11,13-14,16,18H2. The van der Waals surface area contributed by atoms with Crippen LogP contribution in [0.4, 0.5) is 0 Å². The molecule has 0 spiro atoms. The van der Waals surface area contributed by atoms with E-state index in [2.05, 4.69) is 30.3 Å². The number of furan rings is 1. The minimum absolute atomic E-state index is 0.0663. The highest BCUT2D eigenvalue weighted by atomic mass is 35.5. The summed E-state index contributed by atoms with van der Waals surface area (Å²) in [4.78, 5) is 15.4. The van der Waals surface area contributed by atoms with Gasteiger partial charge in [0.25, 0.3) is 5.91 Å². The molecule has 0 atom stereocenters. The Labute approximate surface area is 187 Å². The maximum Gasteiger partial charge on any atom is 0.270 e. The normalized spacial score (nSPS) is 14.9. The van der Waals surface area contributed by atoms with E-state index in [-0.39, 0.29) is 5.91 Å². The first-order chi connectivity index (χ1) is 15.2. The van der Waals surface area contributed by atoms with Gasteiger partial charge >= 0.3 is 0 Å². The van der Waals surface area contributed by atoms with E-state index in [1.807, 2.05) is 45.9 Å². The Morgan fingerprint density at radius 2 is 1.74 bits per heavy atom. The Bertz CT molecular complexity index is 1190. The maximum atomic E-state index is 13.5. The zero-order chi connectivity index (χ0) is 21.2. The van der Waals surface area contributed by atoms with Gasteiger partial charge < -0.3 is 13.9 Å². The van der Waals surface area contributed by atoms with Crippen LogP contribution in [-0.4, -0.2) is 28.5 Å².